The molecule has 0 radical (unpaired) electrons. The first-order valence-electron chi connectivity index (χ1n) is 7.03. The van der Waals surface area contributed by atoms with Gasteiger partial charge in [0.25, 0.3) is 0 Å². The normalized spacial score (nSPS) is 11.7. The van der Waals surface area contributed by atoms with Gasteiger partial charge in [-0.1, -0.05) is 32.9 Å². The Balaban J connectivity index is 2.37. The molecule has 0 aliphatic carbocycles. The summed E-state index contributed by atoms with van der Waals surface area (Å²) < 4.78 is 5.37. The molecule has 0 spiro atoms. The first kappa shape index (κ1) is 15.2. The Labute approximate surface area is 111 Å². The molecule has 4 nitrogen and oxygen atoms in total. The average molecular weight is 253 g/mol. The van der Waals surface area contributed by atoms with Gasteiger partial charge < -0.3 is 9.84 Å². The standard InChI is InChI=1S/C14H27N3O/c1-5-7-17(6-2)11-14-8-13(16-18-14)10-15-9-12(3)4/h8,12,15H,5-7,9-11H2,1-4H3. The molecular formula is C14H27N3O. The maximum atomic E-state index is 5.37. The fraction of sp³-hybridized carbons (Fsp3) is 0.786. The molecule has 0 bridgehead atoms. The predicted octanol–water partition coefficient (Wildman–Crippen LogP) is 2.65. The lowest BCUT2D eigenvalue weighted by molar-refractivity contribution is 0.241. The zero-order chi connectivity index (χ0) is 13.4. The van der Waals surface area contributed by atoms with Gasteiger partial charge in [0.2, 0.25) is 0 Å². The number of aromatic nitrogens is 1. The summed E-state index contributed by atoms with van der Waals surface area (Å²) in [6.07, 6.45) is 1.17. The third-order valence-electron chi connectivity index (χ3n) is 2.83. The van der Waals surface area contributed by atoms with Crippen LogP contribution in [0, 0.1) is 5.92 Å². The Bertz CT molecular complexity index is 323. The molecule has 1 N–H and O–H groups in total. The smallest absolute Gasteiger partial charge is 0.151 e. The molecule has 0 unspecified atom stereocenters. The van der Waals surface area contributed by atoms with E-state index in [1.54, 1.807) is 0 Å². The van der Waals surface area contributed by atoms with E-state index in [9.17, 15) is 0 Å². The van der Waals surface area contributed by atoms with Gasteiger partial charge in [-0.05, 0) is 32.0 Å². The lowest BCUT2D eigenvalue weighted by atomic mass is 10.2. The SMILES string of the molecule is CCCN(CC)Cc1cc(CNCC(C)C)no1. The van der Waals surface area contributed by atoms with Gasteiger partial charge in [0.05, 0.1) is 12.2 Å². The van der Waals surface area contributed by atoms with E-state index in [1.807, 2.05) is 0 Å². The summed E-state index contributed by atoms with van der Waals surface area (Å²) in [5.74, 6) is 1.63. The molecule has 1 aromatic heterocycles. The largest absolute Gasteiger partial charge is 0.360 e. The summed E-state index contributed by atoms with van der Waals surface area (Å²) in [6.45, 7) is 13.6. The summed E-state index contributed by atoms with van der Waals surface area (Å²) in [7, 11) is 0. The minimum atomic E-state index is 0.663. The number of rotatable bonds is 9. The third-order valence-corrected chi connectivity index (χ3v) is 2.83. The van der Waals surface area contributed by atoms with Gasteiger partial charge >= 0.3 is 0 Å². The van der Waals surface area contributed by atoms with Crippen molar-refractivity contribution in [2.24, 2.45) is 5.92 Å². The van der Waals surface area contributed by atoms with Gasteiger partial charge in [-0.15, -0.1) is 0 Å². The van der Waals surface area contributed by atoms with Crippen molar-refractivity contribution in [3.63, 3.8) is 0 Å². The molecule has 104 valence electrons. The van der Waals surface area contributed by atoms with Gasteiger partial charge in [-0.25, -0.2) is 0 Å². The molecule has 0 atom stereocenters. The molecule has 0 aromatic carbocycles. The van der Waals surface area contributed by atoms with Crippen LogP contribution in [0.5, 0.6) is 0 Å². The quantitative estimate of drug-likeness (QED) is 0.734. The van der Waals surface area contributed by atoms with Crippen molar-refractivity contribution in [1.82, 2.24) is 15.4 Å². The van der Waals surface area contributed by atoms with Crippen molar-refractivity contribution in [3.8, 4) is 0 Å². The van der Waals surface area contributed by atoms with Gasteiger partial charge in [0.1, 0.15) is 0 Å². The molecule has 0 fully saturated rings. The summed E-state index contributed by atoms with van der Waals surface area (Å²) in [6, 6.07) is 2.06. The highest BCUT2D eigenvalue weighted by molar-refractivity contribution is 5.05. The third kappa shape index (κ3) is 5.65. The molecular weight excluding hydrogens is 226 g/mol. The van der Waals surface area contributed by atoms with E-state index in [0.717, 1.165) is 44.2 Å². The molecule has 0 saturated carbocycles. The van der Waals surface area contributed by atoms with Crippen LogP contribution in [-0.2, 0) is 13.1 Å². The van der Waals surface area contributed by atoms with E-state index in [1.165, 1.54) is 6.42 Å². The van der Waals surface area contributed by atoms with Gasteiger partial charge in [0.15, 0.2) is 5.76 Å². The molecule has 0 amide bonds. The number of hydrogen-bond donors (Lipinski definition) is 1. The lowest BCUT2D eigenvalue weighted by Crippen LogP contribution is -2.23. The van der Waals surface area contributed by atoms with Gasteiger partial charge in [0, 0.05) is 12.6 Å². The zero-order valence-electron chi connectivity index (χ0n) is 12.2. The van der Waals surface area contributed by atoms with Crippen molar-refractivity contribution in [2.75, 3.05) is 19.6 Å². The van der Waals surface area contributed by atoms with E-state index < -0.39 is 0 Å². The van der Waals surface area contributed by atoms with Crippen LogP contribution in [-0.4, -0.2) is 29.7 Å². The van der Waals surface area contributed by atoms with Crippen molar-refractivity contribution < 1.29 is 4.52 Å². The molecule has 18 heavy (non-hydrogen) atoms. The van der Waals surface area contributed by atoms with Gasteiger partial charge in [-0.3, -0.25) is 4.90 Å². The first-order chi connectivity index (χ1) is 8.65. The maximum absolute atomic E-state index is 5.37. The topological polar surface area (TPSA) is 41.3 Å². The highest BCUT2D eigenvalue weighted by Gasteiger charge is 2.08. The highest BCUT2D eigenvalue weighted by atomic mass is 16.5. The average Bonchev–Trinajstić information content (AvgIpc) is 2.76. The Morgan fingerprint density at radius 1 is 1.39 bits per heavy atom. The van der Waals surface area contributed by atoms with E-state index in [4.69, 9.17) is 4.52 Å². The molecule has 1 rings (SSSR count). The predicted molar refractivity (Wildman–Crippen MR) is 74.3 cm³/mol. The minimum Gasteiger partial charge on any atom is -0.360 e. The monoisotopic (exact) mass is 253 g/mol. The van der Waals surface area contributed by atoms with Crippen molar-refractivity contribution >= 4 is 0 Å². The Kier molecular flexibility index (Phi) is 6.98. The lowest BCUT2D eigenvalue weighted by Gasteiger charge is -2.16. The first-order valence-corrected chi connectivity index (χ1v) is 7.03. The number of nitrogens with zero attached hydrogens (tertiary/aromatic N) is 2. The second-order valence-electron chi connectivity index (χ2n) is 5.18. The fourth-order valence-electron chi connectivity index (χ4n) is 1.89. The summed E-state index contributed by atoms with van der Waals surface area (Å²) in [5, 5.41) is 7.47. The van der Waals surface area contributed by atoms with Crippen LogP contribution in [0.4, 0.5) is 0 Å². The molecule has 1 heterocycles. The van der Waals surface area contributed by atoms with Crippen LogP contribution < -0.4 is 5.32 Å². The van der Waals surface area contributed by atoms with E-state index >= 15 is 0 Å². The number of hydrogen-bond acceptors (Lipinski definition) is 4. The molecule has 0 aliphatic heterocycles. The van der Waals surface area contributed by atoms with Crippen LogP contribution in [0.25, 0.3) is 0 Å². The Hall–Kier alpha value is -0.870. The van der Waals surface area contributed by atoms with Crippen molar-refractivity contribution in [2.45, 2.75) is 47.2 Å². The van der Waals surface area contributed by atoms with Gasteiger partial charge in [-0.2, -0.15) is 0 Å². The van der Waals surface area contributed by atoms with E-state index in [2.05, 4.69) is 49.1 Å². The van der Waals surface area contributed by atoms with Crippen LogP contribution in [0.1, 0.15) is 45.6 Å². The summed E-state index contributed by atoms with van der Waals surface area (Å²) in [4.78, 5) is 2.37. The van der Waals surface area contributed by atoms with E-state index in [0.29, 0.717) is 5.92 Å². The van der Waals surface area contributed by atoms with Crippen molar-refractivity contribution in [1.29, 1.82) is 0 Å². The molecule has 0 aliphatic rings. The van der Waals surface area contributed by atoms with Crippen molar-refractivity contribution in [3.05, 3.63) is 17.5 Å². The summed E-state index contributed by atoms with van der Waals surface area (Å²) >= 11 is 0. The molecule has 4 heteroatoms. The summed E-state index contributed by atoms with van der Waals surface area (Å²) in [5.41, 5.74) is 0.998. The van der Waals surface area contributed by atoms with E-state index in [-0.39, 0.29) is 0 Å². The minimum absolute atomic E-state index is 0.663. The highest BCUT2D eigenvalue weighted by Crippen LogP contribution is 2.08. The fourth-order valence-corrected chi connectivity index (χ4v) is 1.89. The van der Waals surface area contributed by atoms with Crippen LogP contribution in [0.3, 0.4) is 0 Å². The van der Waals surface area contributed by atoms with Crippen LogP contribution in [0.2, 0.25) is 0 Å². The van der Waals surface area contributed by atoms with Crippen LogP contribution >= 0.6 is 0 Å². The Morgan fingerprint density at radius 2 is 2.17 bits per heavy atom. The molecule has 0 saturated heterocycles. The Morgan fingerprint density at radius 3 is 2.78 bits per heavy atom. The second-order valence-corrected chi connectivity index (χ2v) is 5.18. The second kappa shape index (κ2) is 8.27. The molecule has 1 aromatic rings. The van der Waals surface area contributed by atoms with Crippen LogP contribution in [0.15, 0.2) is 10.6 Å². The maximum Gasteiger partial charge on any atom is 0.151 e. The zero-order valence-corrected chi connectivity index (χ0v) is 12.2. The number of nitrogens with one attached hydrogen (secondary N) is 1.